The summed E-state index contributed by atoms with van der Waals surface area (Å²) in [5.41, 5.74) is 0.315. The molecule has 1 unspecified atom stereocenters. The van der Waals surface area contributed by atoms with Gasteiger partial charge in [0, 0.05) is 17.7 Å². The van der Waals surface area contributed by atoms with E-state index in [2.05, 4.69) is 16.8 Å². The van der Waals surface area contributed by atoms with Gasteiger partial charge < -0.3 is 4.90 Å². The zero-order chi connectivity index (χ0) is 14.9. The fourth-order valence-corrected chi connectivity index (χ4v) is 3.10. The van der Waals surface area contributed by atoms with E-state index in [9.17, 15) is 13.2 Å². The molecule has 20 heavy (non-hydrogen) atoms. The largest absolute Gasteiger partial charge is 0.412 e. The van der Waals surface area contributed by atoms with Gasteiger partial charge in [-0.05, 0) is 53.4 Å². The van der Waals surface area contributed by atoms with E-state index in [1.54, 1.807) is 6.92 Å². The molecule has 1 aliphatic carbocycles. The standard InChI is InChI=1S/C15H23F3N2/c1-11-8-12(15(16,17)18)10-14(9-11)20(3)13-4-6-19(2)7-5-13/h8-9,13-14H,4-7,10H2,1-3H3. The first-order valence-electron chi connectivity index (χ1n) is 7.14. The molecular weight excluding hydrogens is 265 g/mol. The van der Waals surface area contributed by atoms with Crippen LogP contribution in [0.5, 0.6) is 0 Å². The summed E-state index contributed by atoms with van der Waals surface area (Å²) in [5.74, 6) is 0. The molecule has 0 aromatic carbocycles. The molecule has 0 bridgehead atoms. The van der Waals surface area contributed by atoms with Crippen molar-refractivity contribution in [2.24, 2.45) is 0 Å². The van der Waals surface area contributed by atoms with Gasteiger partial charge in [0.05, 0.1) is 0 Å². The minimum atomic E-state index is -4.21. The maximum Gasteiger partial charge on any atom is 0.412 e. The molecule has 0 amide bonds. The summed E-state index contributed by atoms with van der Waals surface area (Å²) < 4.78 is 38.8. The Morgan fingerprint density at radius 3 is 2.40 bits per heavy atom. The number of piperidine rings is 1. The number of rotatable bonds is 2. The molecule has 0 radical (unpaired) electrons. The number of likely N-dealkylation sites (N-methyl/N-ethyl adjacent to an activating group) is 1. The maximum atomic E-state index is 12.9. The predicted octanol–water partition coefficient (Wildman–Crippen LogP) is 3.22. The van der Waals surface area contributed by atoms with E-state index in [1.807, 2.05) is 13.1 Å². The van der Waals surface area contributed by atoms with Gasteiger partial charge >= 0.3 is 6.18 Å². The van der Waals surface area contributed by atoms with Crippen LogP contribution in [0.3, 0.4) is 0 Å². The van der Waals surface area contributed by atoms with Gasteiger partial charge in [0.25, 0.3) is 0 Å². The fraction of sp³-hybridized carbons (Fsp3) is 0.733. The highest BCUT2D eigenvalue weighted by atomic mass is 19.4. The first-order valence-corrected chi connectivity index (χ1v) is 7.14. The summed E-state index contributed by atoms with van der Waals surface area (Å²) in [6, 6.07) is 0.248. The van der Waals surface area contributed by atoms with Gasteiger partial charge in [-0.1, -0.05) is 17.7 Å². The Bertz CT molecular complexity index is 404. The molecule has 114 valence electrons. The molecule has 1 saturated heterocycles. The topological polar surface area (TPSA) is 6.48 Å². The number of halogens is 3. The van der Waals surface area contributed by atoms with Crippen LogP contribution in [0.1, 0.15) is 26.2 Å². The van der Waals surface area contributed by atoms with Crippen LogP contribution < -0.4 is 0 Å². The number of nitrogens with zero attached hydrogens (tertiary/aromatic N) is 2. The fourth-order valence-electron chi connectivity index (χ4n) is 3.10. The van der Waals surface area contributed by atoms with Crippen LogP contribution in [0.2, 0.25) is 0 Å². The molecular formula is C15H23F3N2. The second-order valence-electron chi connectivity index (χ2n) is 6.05. The Hall–Kier alpha value is -0.810. The molecule has 0 N–H and O–H groups in total. The minimum Gasteiger partial charge on any atom is -0.306 e. The average Bonchev–Trinajstić information content (AvgIpc) is 2.37. The number of allylic oxidation sites excluding steroid dienone is 2. The lowest BCUT2D eigenvalue weighted by molar-refractivity contribution is -0.0959. The molecule has 0 saturated carbocycles. The van der Waals surface area contributed by atoms with E-state index in [0.717, 1.165) is 25.9 Å². The Labute approximate surface area is 118 Å². The number of alkyl halides is 3. The summed E-state index contributed by atoms with van der Waals surface area (Å²) >= 11 is 0. The van der Waals surface area contributed by atoms with Crippen molar-refractivity contribution in [3.05, 3.63) is 23.3 Å². The molecule has 0 aromatic rings. The molecule has 1 atom stereocenters. The van der Waals surface area contributed by atoms with Crippen molar-refractivity contribution in [2.75, 3.05) is 27.2 Å². The van der Waals surface area contributed by atoms with E-state index in [1.165, 1.54) is 6.08 Å². The van der Waals surface area contributed by atoms with Crippen molar-refractivity contribution < 1.29 is 13.2 Å². The van der Waals surface area contributed by atoms with E-state index in [4.69, 9.17) is 0 Å². The summed E-state index contributed by atoms with van der Waals surface area (Å²) in [6.45, 7) is 3.79. The van der Waals surface area contributed by atoms with Gasteiger partial charge in [-0.2, -0.15) is 13.2 Å². The van der Waals surface area contributed by atoms with Gasteiger partial charge in [0.15, 0.2) is 0 Å². The molecule has 1 heterocycles. The van der Waals surface area contributed by atoms with Crippen LogP contribution in [0, 0.1) is 0 Å². The first kappa shape index (κ1) is 15.6. The van der Waals surface area contributed by atoms with Crippen molar-refractivity contribution in [3.63, 3.8) is 0 Å². The molecule has 2 aliphatic rings. The van der Waals surface area contributed by atoms with Gasteiger partial charge in [-0.3, -0.25) is 4.90 Å². The van der Waals surface area contributed by atoms with Crippen LogP contribution >= 0.6 is 0 Å². The third kappa shape index (κ3) is 3.64. The highest BCUT2D eigenvalue weighted by Crippen LogP contribution is 2.35. The smallest absolute Gasteiger partial charge is 0.306 e. The second kappa shape index (κ2) is 5.90. The van der Waals surface area contributed by atoms with Crippen LogP contribution in [0.15, 0.2) is 23.3 Å². The first-order chi connectivity index (χ1) is 9.27. The summed E-state index contributed by atoms with van der Waals surface area (Å²) in [6.07, 6.45) is 1.17. The monoisotopic (exact) mass is 288 g/mol. The molecule has 1 aliphatic heterocycles. The van der Waals surface area contributed by atoms with Crippen molar-refractivity contribution in [1.29, 1.82) is 0 Å². The maximum absolute atomic E-state index is 12.9. The van der Waals surface area contributed by atoms with Crippen LogP contribution in [-0.4, -0.2) is 55.2 Å². The van der Waals surface area contributed by atoms with E-state index >= 15 is 0 Å². The van der Waals surface area contributed by atoms with Gasteiger partial charge in [0.1, 0.15) is 0 Å². The molecule has 5 heteroatoms. The Morgan fingerprint density at radius 2 is 1.85 bits per heavy atom. The van der Waals surface area contributed by atoms with E-state index < -0.39 is 11.7 Å². The van der Waals surface area contributed by atoms with Gasteiger partial charge in [0.2, 0.25) is 0 Å². The normalized spacial score (nSPS) is 26.6. The van der Waals surface area contributed by atoms with Crippen molar-refractivity contribution in [2.45, 2.75) is 44.4 Å². The third-order valence-electron chi connectivity index (χ3n) is 4.44. The van der Waals surface area contributed by atoms with Crippen molar-refractivity contribution >= 4 is 0 Å². The van der Waals surface area contributed by atoms with Gasteiger partial charge in [-0.15, -0.1) is 0 Å². The molecule has 1 fully saturated rings. The summed E-state index contributed by atoms with van der Waals surface area (Å²) in [5, 5.41) is 0. The second-order valence-corrected chi connectivity index (χ2v) is 6.05. The van der Waals surface area contributed by atoms with Crippen LogP contribution in [0.4, 0.5) is 13.2 Å². The lowest BCUT2D eigenvalue weighted by Gasteiger charge is -2.40. The van der Waals surface area contributed by atoms with Crippen molar-refractivity contribution in [1.82, 2.24) is 9.80 Å². The van der Waals surface area contributed by atoms with Crippen LogP contribution in [-0.2, 0) is 0 Å². The Balaban J connectivity index is 2.05. The predicted molar refractivity (Wildman–Crippen MR) is 74.6 cm³/mol. The van der Waals surface area contributed by atoms with E-state index in [-0.39, 0.29) is 12.5 Å². The third-order valence-corrected chi connectivity index (χ3v) is 4.44. The molecule has 0 spiro atoms. The number of hydrogen-bond acceptors (Lipinski definition) is 2. The zero-order valence-corrected chi connectivity index (χ0v) is 12.4. The summed E-state index contributed by atoms with van der Waals surface area (Å²) in [7, 11) is 4.05. The molecule has 2 rings (SSSR count). The molecule has 0 aromatic heterocycles. The zero-order valence-electron chi connectivity index (χ0n) is 12.4. The quantitative estimate of drug-likeness (QED) is 0.770. The minimum absolute atomic E-state index is 0.0731. The molecule has 2 nitrogen and oxygen atoms in total. The number of hydrogen-bond donors (Lipinski definition) is 0. The average molecular weight is 288 g/mol. The summed E-state index contributed by atoms with van der Waals surface area (Å²) in [4.78, 5) is 4.41. The lowest BCUT2D eigenvalue weighted by Crippen LogP contribution is -2.46. The Morgan fingerprint density at radius 1 is 1.25 bits per heavy atom. The SMILES string of the molecule is CC1=CC(N(C)C2CCN(C)CC2)CC(C(F)(F)F)=C1. The van der Waals surface area contributed by atoms with Crippen LogP contribution in [0.25, 0.3) is 0 Å². The number of likely N-dealkylation sites (tertiary alicyclic amines) is 1. The van der Waals surface area contributed by atoms with Gasteiger partial charge in [-0.25, -0.2) is 0 Å². The van der Waals surface area contributed by atoms with E-state index in [0.29, 0.717) is 11.6 Å². The highest BCUT2D eigenvalue weighted by Gasteiger charge is 2.37. The van der Waals surface area contributed by atoms with Crippen molar-refractivity contribution in [3.8, 4) is 0 Å². The Kier molecular flexibility index (Phi) is 4.59. The lowest BCUT2D eigenvalue weighted by atomic mass is 9.92. The highest BCUT2D eigenvalue weighted by molar-refractivity contribution is 5.32.